The molecule has 7 nitrogen and oxygen atoms in total. The van der Waals surface area contributed by atoms with Crippen molar-refractivity contribution in [1.29, 1.82) is 0 Å². The molecule has 0 radical (unpaired) electrons. The number of hydrogen-bond acceptors (Lipinski definition) is 5. The predicted molar refractivity (Wildman–Crippen MR) is 103 cm³/mol. The summed E-state index contributed by atoms with van der Waals surface area (Å²) in [5.41, 5.74) is 0.0423. The number of hydrogen-bond donors (Lipinski definition) is 1. The molecule has 1 N–H and O–H groups in total. The summed E-state index contributed by atoms with van der Waals surface area (Å²) in [4.78, 5) is 29.1. The van der Waals surface area contributed by atoms with E-state index in [1.165, 1.54) is 23.0 Å². The van der Waals surface area contributed by atoms with Crippen molar-refractivity contribution in [2.24, 2.45) is 0 Å². The summed E-state index contributed by atoms with van der Waals surface area (Å²) in [6.45, 7) is 0.623. The lowest BCUT2D eigenvalue weighted by Crippen LogP contribution is -2.30. The van der Waals surface area contributed by atoms with E-state index in [-0.39, 0.29) is 29.2 Å². The quantitative estimate of drug-likeness (QED) is 0.635. The first-order valence-corrected chi connectivity index (χ1v) is 9.21. The number of alkyl halides is 3. The van der Waals surface area contributed by atoms with Gasteiger partial charge in [-0.05, 0) is 18.6 Å². The minimum atomic E-state index is -4.51. The number of pyridine rings is 1. The van der Waals surface area contributed by atoms with E-state index in [9.17, 15) is 22.8 Å². The van der Waals surface area contributed by atoms with Crippen LogP contribution >= 0.6 is 0 Å². The molecule has 0 aliphatic carbocycles. The average Bonchev–Trinajstić information content (AvgIpc) is 2.72. The Bertz CT molecular complexity index is 1110. The number of rotatable bonds is 7. The second-order valence-corrected chi connectivity index (χ2v) is 6.48. The molecule has 158 valence electrons. The lowest BCUT2D eigenvalue weighted by Gasteiger charge is -2.13. The number of ether oxygens (including phenoxy) is 1. The van der Waals surface area contributed by atoms with Crippen molar-refractivity contribution in [3.8, 4) is 5.88 Å². The third-order valence-corrected chi connectivity index (χ3v) is 4.18. The zero-order valence-corrected chi connectivity index (χ0v) is 16.1. The van der Waals surface area contributed by atoms with E-state index >= 15 is 0 Å². The minimum absolute atomic E-state index is 0.0558. The number of aromatic nitrogens is 3. The number of nitrogens with zero attached hydrogens (tertiary/aromatic N) is 3. The van der Waals surface area contributed by atoms with Crippen LogP contribution in [0.4, 0.5) is 13.2 Å². The second kappa shape index (κ2) is 8.93. The number of aryl methyl sites for hydroxylation is 1. The fraction of sp³-hybridized carbons (Fsp3) is 0.300. The van der Waals surface area contributed by atoms with E-state index in [4.69, 9.17) is 4.74 Å². The molecule has 2 aromatic heterocycles. The second-order valence-electron chi connectivity index (χ2n) is 6.48. The number of halogens is 3. The molecule has 1 amide bonds. The van der Waals surface area contributed by atoms with Crippen LogP contribution in [-0.4, -0.2) is 33.5 Å². The van der Waals surface area contributed by atoms with Gasteiger partial charge in [-0.3, -0.25) is 9.59 Å². The Labute approximate surface area is 169 Å². The molecule has 10 heteroatoms. The Morgan fingerprint density at radius 2 is 1.90 bits per heavy atom. The molecule has 0 atom stereocenters. The molecule has 0 unspecified atom stereocenters. The van der Waals surface area contributed by atoms with Crippen molar-refractivity contribution in [3.05, 3.63) is 64.2 Å². The van der Waals surface area contributed by atoms with Gasteiger partial charge in [0, 0.05) is 30.2 Å². The van der Waals surface area contributed by atoms with Gasteiger partial charge in [-0.1, -0.05) is 31.2 Å². The Balaban J connectivity index is 1.85. The molecule has 0 spiro atoms. The van der Waals surface area contributed by atoms with Crippen LogP contribution in [0, 0.1) is 0 Å². The lowest BCUT2D eigenvalue weighted by atomic mass is 10.1. The predicted octanol–water partition coefficient (Wildman–Crippen LogP) is 3.07. The van der Waals surface area contributed by atoms with Crippen molar-refractivity contribution >= 4 is 16.7 Å². The van der Waals surface area contributed by atoms with Crippen molar-refractivity contribution in [3.63, 3.8) is 0 Å². The summed E-state index contributed by atoms with van der Waals surface area (Å²) in [5, 5.41) is 7.56. The van der Waals surface area contributed by atoms with Crippen LogP contribution in [0.5, 0.6) is 5.88 Å². The monoisotopic (exact) mass is 420 g/mol. The third kappa shape index (κ3) is 4.94. The van der Waals surface area contributed by atoms with E-state index < -0.39 is 18.7 Å². The number of fused-ring (bicyclic) bond motifs is 1. The molecule has 3 rings (SSSR count). The maximum absolute atomic E-state index is 12.8. The number of amides is 1. The summed E-state index contributed by atoms with van der Waals surface area (Å²) in [6, 6.07) is 9.65. The van der Waals surface area contributed by atoms with Gasteiger partial charge >= 0.3 is 6.18 Å². The standard InChI is InChI=1S/C20H19F3N4O3/c1-2-10-27-19(29)15-8-4-3-7-14(15)16(26-27)17(28)25-11-13-6-5-9-24-18(13)30-12-20(21,22)23/h3-9H,2,10-12H2,1H3,(H,25,28). The molecule has 2 heterocycles. The summed E-state index contributed by atoms with van der Waals surface area (Å²) >= 11 is 0. The van der Waals surface area contributed by atoms with E-state index in [1.807, 2.05) is 6.92 Å². The van der Waals surface area contributed by atoms with E-state index in [2.05, 4.69) is 15.4 Å². The molecular formula is C20H19F3N4O3. The molecule has 0 aliphatic heterocycles. The van der Waals surface area contributed by atoms with Gasteiger partial charge in [0.25, 0.3) is 11.5 Å². The molecule has 0 saturated heterocycles. The summed E-state index contributed by atoms with van der Waals surface area (Å²) in [7, 11) is 0. The highest BCUT2D eigenvalue weighted by atomic mass is 19.4. The van der Waals surface area contributed by atoms with E-state index in [0.717, 1.165) is 0 Å². The normalized spacial score (nSPS) is 11.5. The highest BCUT2D eigenvalue weighted by molar-refractivity contribution is 6.04. The minimum Gasteiger partial charge on any atom is -0.468 e. The molecular weight excluding hydrogens is 401 g/mol. The van der Waals surface area contributed by atoms with Gasteiger partial charge in [-0.15, -0.1) is 0 Å². The molecule has 1 aromatic carbocycles. The van der Waals surface area contributed by atoms with E-state index in [1.54, 1.807) is 24.3 Å². The number of carbonyl (C=O) groups excluding carboxylic acids is 1. The van der Waals surface area contributed by atoms with Crippen molar-refractivity contribution in [1.82, 2.24) is 20.1 Å². The van der Waals surface area contributed by atoms with Gasteiger partial charge in [0.2, 0.25) is 5.88 Å². The molecule has 0 bridgehead atoms. The van der Waals surface area contributed by atoms with Gasteiger partial charge in [0.15, 0.2) is 12.3 Å². The third-order valence-electron chi connectivity index (χ3n) is 4.18. The van der Waals surface area contributed by atoms with Crippen LogP contribution in [-0.2, 0) is 13.1 Å². The van der Waals surface area contributed by atoms with Crippen LogP contribution in [0.25, 0.3) is 10.8 Å². The number of carbonyl (C=O) groups is 1. The first-order chi connectivity index (χ1) is 14.3. The van der Waals surface area contributed by atoms with Crippen LogP contribution in [0.2, 0.25) is 0 Å². The number of benzene rings is 1. The smallest absolute Gasteiger partial charge is 0.422 e. The average molecular weight is 420 g/mol. The first kappa shape index (κ1) is 21.3. The lowest BCUT2D eigenvalue weighted by molar-refractivity contribution is -0.154. The molecule has 0 aliphatic rings. The van der Waals surface area contributed by atoms with Gasteiger partial charge < -0.3 is 10.1 Å². The zero-order valence-electron chi connectivity index (χ0n) is 16.1. The first-order valence-electron chi connectivity index (χ1n) is 9.21. The van der Waals surface area contributed by atoms with Crippen LogP contribution in [0.15, 0.2) is 47.4 Å². The topological polar surface area (TPSA) is 86.1 Å². The maximum Gasteiger partial charge on any atom is 0.422 e. The van der Waals surface area contributed by atoms with Gasteiger partial charge in [0.1, 0.15) is 0 Å². The molecule has 3 aromatic rings. The fourth-order valence-electron chi connectivity index (χ4n) is 2.86. The largest absolute Gasteiger partial charge is 0.468 e. The van der Waals surface area contributed by atoms with Crippen molar-refractivity contribution < 1.29 is 22.7 Å². The molecule has 0 saturated carbocycles. The SMILES string of the molecule is CCCn1nc(C(=O)NCc2cccnc2OCC(F)(F)F)c2ccccc2c1=O. The Hall–Kier alpha value is -3.43. The summed E-state index contributed by atoms with van der Waals surface area (Å²) in [5.74, 6) is -0.787. The van der Waals surface area contributed by atoms with Gasteiger partial charge in [0.05, 0.1) is 5.39 Å². The Kier molecular flexibility index (Phi) is 6.34. The molecule has 0 fully saturated rings. The summed E-state index contributed by atoms with van der Waals surface area (Å²) < 4.78 is 43.3. The Morgan fingerprint density at radius 3 is 2.60 bits per heavy atom. The van der Waals surface area contributed by atoms with Crippen molar-refractivity contribution in [2.45, 2.75) is 32.6 Å². The Morgan fingerprint density at radius 1 is 1.17 bits per heavy atom. The molecule has 30 heavy (non-hydrogen) atoms. The van der Waals surface area contributed by atoms with Gasteiger partial charge in [-0.25, -0.2) is 9.67 Å². The number of nitrogens with one attached hydrogen (secondary N) is 1. The van der Waals surface area contributed by atoms with Crippen molar-refractivity contribution in [2.75, 3.05) is 6.61 Å². The fourth-order valence-corrected chi connectivity index (χ4v) is 2.86. The van der Waals surface area contributed by atoms with Crippen LogP contribution in [0.3, 0.4) is 0 Å². The van der Waals surface area contributed by atoms with Crippen LogP contribution in [0.1, 0.15) is 29.4 Å². The summed E-state index contributed by atoms with van der Waals surface area (Å²) in [6.07, 6.45) is -2.55. The van der Waals surface area contributed by atoms with Crippen LogP contribution < -0.4 is 15.6 Å². The maximum atomic E-state index is 12.8. The van der Waals surface area contributed by atoms with Gasteiger partial charge in [-0.2, -0.15) is 18.3 Å². The van der Waals surface area contributed by atoms with E-state index in [0.29, 0.717) is 23.7 Å². The highest BCUT2D eigenvalue weighted by Crippen LogP contribution is 2.20. The highest BCUT2D eigenvalue weighted by Gasteiger charge is 2.29. The zero-order chi connectivity index (χ0) is 21.7.